The number of aliphatic carboxylic acids is 1. The minimum Gasteiger partial charge on any atom is -0.481 e. The molecule has 0 aliphatic heterocycles. The number of carboxylic acids is 1. The van der Waals surface area contributed by atoms with Crippen molar-refractivity contribution in [2.75, 3.05) is 0 Å². The van der Waals surface area contributed by atoms with Crippen molar-refractivity contribution < 1.29 is 9.90 Å². The Bertz CT molecular complexity index is 79.1. The average molecular weight is 139 g/mol. The molecule has 0 saturated heterocycles. The molecule has 0 aliphatic rings. The summed E-state index contributed by atoms with van der Waals surface area (Å²) in [5.74, 6) is -0.801. The minimum absolute atomic E-state index is 0. The molecule has 49 valence electrons. The van der Waals surface area contributed by atoms with Crippen molar-refractivity contribution in [2.24, 2.45) is 5.92 Å². The Morgan fingerprint density at radius 1 is 1.44 bits per heavy atom. The topological polar surface area (TPSA) is 37.3 Å². The smallest absolute Gasteiger partial charge is 0.306 e. The van der Waals surface area contributed by atoms with Crippen LogP contribution in [-0.4, -0.2) is 40.6 Å². The van der Waals surface area contributed by atoms with Crippen molar-refractivity contribution in [3.63, 3.8) is 0 Å². The Kier molecular flexibility index (Phi) is 8.91. The van der Waals surface area contributed by atoms with Crippen molar-refractivity contribution >= 4 is 35.5 Å². The van der Waals surface area contributed by atoms with Crippen molar-refractivity contribution in [2.45, 2.75) is 26.7 Å². The van der Waals surface area contributed by atoms with Crippen molar-refractivity contribution in [1.29, 1.82) is 0 Å². The second-order valence-corrected chi connectivity index (χ2v) is 1.85. The van der Waals surface area contributed by atoms with Gasteiger partial charge in [0.1, 0.15) is 0 Å². The summed E-state index contributed by atoms with van der Waals surface area (Å²) >= 11 is 0. The van der Waals surface area contributed by atoms with Gasteiger partial charge in [-0.1, -0.05) is 13.8 Å². The third-order valence-corrected chi connectivity index (χ3v) is 1.33. The SMILES string of the molecule is CCC(CC)C(=O)O.[Na]. The summed E-state index contributed by atoms with van der Waals surface area (Å²) in [7, 11) is 0. The zero-order chi connectivity index (χ0) is 6.57. The maximum absolute atomic E-state index is 10.2. The van der Waals surface area contributed by atoms with Crippen molar-refractivity contribution in [3.05, 3.63) is 0 Å². The first-order valence-electron chi connectivity index (χ1n) is 2.95. The summed E-state index contributed by atoms with van der Waals surface area (Å²) in [5, 5.41) is 8.37. The van der Waals surface area contributed by atoms with Gasteiger partial charge >= 0.3 is 5.97 Å². The van der Waals surface area contributed by atoms with Gasteiger partial charge in [0, 0.05) is 29.6 Å². The molecule has 1 N–H and O–H groups in total. The Balaban J connectivity index is 0. The summed E-state index contributed by atoms with van der Waals surface area (Å²) in [5.41, 5.74) is 0. The maximum atomic E-state index is 10.2. The van der Waals surface area contributed by atoms with Gasteiger partial charge in [-0.15, -0.1) is 0 Å². The zero-order valence-corrected chi connectivity index (χ0v) is 8.35. The van der Waals surface area contributed by atoms with Gasteiger partial charge in [-0.25, -0.2) is 0 Å². The predicted octanol–water partition coefficient (Wildman–Crippen LogP) is 1.13. The molecule has 0 aromatic heterocycles. The Morgan fingerprint density at radius 3 is 1.78 bits per heavy atom. The summed E-state index contributed by atoms with van der Waals surface area (Å²) in [6.45, 7) is 3.78. The molecule has 1 radical (unpaired) electrons. The summed E-state index contributed by atoms with van der Waals surface area (Å²) < 4.78 is 0. The van der Waals surface area contributed by atoms with Crippen LogP contribution in [0, 0.1) is 5.92 Å². The first kappa shape index (κ1) is 12.2. The van der Waals surface area contributed by atoms with Crippen LogP contribution < -0.4 is 0 Å². The molecular weight excluding hydrogens is 127 g/mol. The van der Waals surface area contributed by atoms with Gasteiger partial charge in [-0.2, -0.15) is 0 Å². The fourth-order valence-electron chi connectivity index (χ4n) is 0.638. The minimum atomic E-state index is -0.671. The molecule has 0 aromatic rings. The summed E-state index contributed by atoms with van der Waals surface area (Å²) in [6, 6.07) is 0. The molecule has 0 spiro atoms. The molecule has 0 amide bonds. The molecule has 0 heterocycles. The zero-order valence-electron chi connectivity index (χ0n) is 6.35. The van der Waals surface area contributed by atoms with E-state index >= 15 is 0 Å². The fraction of sp³-hybridized carbons (Fsp3) is 0.833. The van der Waals surface area contributed by atoms with E-state index < -0.39 is 5.97 Å². The number of rotatable bonds is 3. The van der Waals surface area contributed by atoms with Crippen LogP contribution in [0.5, 0.6) is 0 Å². The average Bonchev–Trinajstić information content (AvgIpc) is 1.69. The van der Waals surface area contributed by atoms with E-state index in [0.29, 0.717) is 0 Å². The molecule has 0 aromatic carbocycles. The Hall–Kier alpha value is 0.470. The van der Waals surface area contributed by atoms with E-state index in [9.17, 15) is 4.79 Å². The first-order chi connectivity index (χ1) is 3.72. The van der Waals surface area contributed by atoms with E-state index in [-0.39, 0.29) is 35.5 Å². The van der Waals surface area contributed by atoms with Gasteiger partial charge in [-0.05, 0) is 12.8 Å². The van der Waals surface area contributed by atoms with Gasteiger partial charge in [0.15, 0.2) is 0 Å². The van der Waals surface area contributed by atoms with Crippen LogP contribution in [0.15, 0.2) is 0 Å². The van der Waals surface area contributed by atoms with E-state index in [1.54, 1.807) is 0 Å². The normalized spacial score (nSPS) is 8.78. The molecule has 3 heteroatoms. The quantitative estimate of drug-likeness (QED) is 0.595. The van der Waals surface area contributed by atoms with Crippen LogP contribution in [0.4, 0.5) is 0 Å². The van der Waals surface area contributed by atoms with Gasteiger partial charge < -0.3 is 5.11 Å². The van der Waals surface area contributed by atoms with Crippen molar-refractivity contribution in [3.8, 4) is 0 Å². The third-order valence-electron chi connectivity index (χ3n) is 1.33. The predicted molar refractivity (Wildman–Crippen MR) is 37.5 cm³/mol. The number of carboxylic acid groups (broad SMARTS) is 1. The molecule has 0 fully saturated rings. The first-order valence-corrected chi connectivity index (χ1v) is 2.95. The van der Waals surface area contributed by atoms with Crippen LogP contribution in [-0.2, 0) is 4.79 Å². The largest absolute Gasteiger partial charge is 0.481 e. The second-order valence-electron chi connectivity index (χ2n) is 1.85. The summed E-state index contributed by atoms with van der Waals surface area (Å²) in [4.78, 5) is 10.2. The maximum Gasteiger partial charge on any atom is 0.306 e. The van der Waals surface area contributed by atoms with Crippen LogP contribution in [0.25, 0.3) is 0 Å². The molecule has 0 saturated carbocycles. The Labute approximate surface area is 77.9 Å². The second kappa shape index (κ2) is 6.59. The molecule has 0 rings (SSSR count). The molecular formula is C6H12NaO2. The van der Waals surface area contributed by atoms with E-state index in [2.05, 4.69) is 0 Å². The Morgan fingerprint density at radius 2 is 1.78 bits per heavy atom. The number of hydrogen-bond donors (Lipinski definition) is 1. The van der Waals surface area contributed by atoms with Gasteiger partial charge in [0.05, 0.1) is 5.92 Å². The molecule has 2 nitrogen and oxygen atoms in total. The van der Waals surface area contributed by atoms with Gasteiger partial charge in [0.2, 0.25) is 0 Å². The number of carbonyl (C=O) groups is 1. The molecule has 0 bridgehead atoms. The van der Waals surface area contributed by atoms with Crippen LogP contribution >= 0.6 is 0 Å². The van der Waals surface area contributed by atoms with Crippen LogP contribution in [0.1, 0.15) is 26.7 Å². The van der Waals surface area contributed by atoms with Gasteiger partial charge in [0.25, 0.3) is 0 Å². The molecule has 9 heavy (non-hydrogen) atoms. The van der Waals surface area contributed by atoms with E-state index in [4.69, 9.17) is 5.11 Å². The van der Waals surface area contributed by atoms with E-state index in [1.807, 2.05) is 13.8 Å². The monoisotopic (exact) mass is 139 g/mol. The summed E-state index contributed by atoms with van der Waals surface area (Å²) in [6.07, 6.45) is 1.48. The molecule has 0 unspecified atom stereocenters. The molecule has 0 atom stereocenters. The third kappa shape index (κ3) is 4.94. The number of hydrogen-bond acceptors (Lipinski definition) is 1. The fourth-order valence-corrected chi connectivity index (χ4v) is 0.638. The van der Waals surface area contributed by atoms with Crippen LogP contribution in [0.2, 0.25) is 0 Å². The van der Waals surface area contributed by atoms with E-state index in [1.165, 1.54) is 0 Å². The van der Waals surface area contributed by atoms with Crippen molar-refractivity contribution in [1.82, 2.24) is 0 Å². The molecule has 0 aliphatic carbocycles. The standard InChI is InChI=1S/C6H12O2.Na/c1-3-5(4-2)6(7)8;/h5H,3-4H2,1-2H3,(H,7,8);. The van der Waals surface area contributed by atoms with Crippen LogP contribution in [0.3, 0.4) is 0 Å². The van der Waals surface area contributed by atoms with Gasteiger partial charge in [-0.3, -0.25) is 4.79 Å². The van der Waals surface area contributed by atoms with E-state index in [0.717, 1.165) is 12.8 Å².